The van der Waals surface area contributed by atoms with Gasteiger partial charge in [0.2, 0.25) is 0 Å². The first-order valence-electron chi connectivity index (χ1n) is 20.0. The van der Waals surface area contributed by atoms with Crippen LogP contribution in [0, 0.1) is 0 Å². The number of carbonyl (C=O) groups is 2. The van der Waals surface area contributed by atoms with Crippen molar-refractivity contribution in [2.45, 2.75) is 206 Å². The van der Waals surface area contributed by atoms with E-state index in [1.54, 1.807) is 0 Å². The summed E-state index contributed by atoms with van der Waals surface area (Å²) in [5.41, 5.74) is 0. The monoisotopic (exact) mass is 723 g/mol. The molecule has 0 saturated carbocycles. The molecule has 0 heterocycles. The van der Waals surface area contributed by atoms with Crippen LogP contribution >= 0.6 is 7.82 Å². The van der Waals surface area contributed by atoms with Crippen LogP contribution in [0.25, 0.3) is 0 Å². The summed E-state index contributed by atoms with van der Waals surface area (Å²) in [6.07, 6.45) is 29.7. The Labute approximate surface area is 299 Å². The second-order valence-electron chi connectivity index (χ2n) is 13.6. The van der Waals surface area contributed by atoms with Crippen LogP contribution in [0.15, 0.2) is 0 Å². The van der Waals surface area contributed by atoms with Crippen molar-refractivity contribution >= 4 is 19.8 Å². The molecule has 0 radical (unpaired) electrons. The molecular formula is C38H75O10P. The van der Waals surface area contributed by atoms with E-state index in [1.807, 2.05) is 0 Å². The topological polar surface area (TPSA) is 149 Å². The molecule has 10 nitrogen and oxygen atoms in total. The number of phosphoric acid groups is 1. The number of unbranched alkanes of at least 4 members (excludes halogenated alkanes) is 24. The van der Waals surface area contributed by atoms with E-state index in [-0.39, 0.29) is 12.8 Å². The molecule has 0 aromatic carbocycles. The van der Waals surface area contributed by atoms with Crippen molar-refractivity contribution < 1.29 is 47.8 Å². The van der Waals surface area contributed by atoms with Crippen molar-refractivity contribution in [2.75, 3.05) is 26.4 Å². The molecule has 3 atom stereocenters. The van der Waals surface area contributed by atoms with E-state index >= 15 is 0 Å². The standard InChI is InChI=1S/C38H75O10P/c1-3-5-7-9-11-12-13-14-15-16-17-18-19-20-21-22-24-26-28-30-38(42)48-36(32-40)34-46-49(43,44)45-33-35(31-39)47-37(41)29-27-25-23-10-8-6-4-2/h35-36,39-40H,3-34H2,1-2H3,(H,43,44). The van der Waals surface area contributed by atoms with E-state index in [1.165, 1.54) is 116 Å². The van der Waals surface area contributed by atoms with Crippen LogP contribution in [0.5, 0.6) is 0 Å². The fourth-order valence-electron chi connectivity index (χ4n) is 5.70. The number of hydrogen-bond acceptors (Lipinski definition) is 9. The van der Waals surface area contributed by atoms with Gasteiger partial charge in [-0.25, -0.2) is 4.57 Å². The minimum Gasteiger partial charge on any atom is -0.457 e. The van der Waals surface area contributed by atoms with Gasteiger partial charge in [-0.05, 0) is 12.8 Å². The average Bonchev–Trinajstić information content (AvgIpc) is 3.09. The van der Waals surface area contributed by atoms with E-state index in [0.717, 1.165) is 38.5 Å². The lowest BCUT2D eigenvalue weighted by Gasteiger charge is -2.20. The highest BCUT2D eigenvalue weighted by Crippen LogP contribution is 2.43. The molecule has 3 unspecified atom stereocenters. The minimum absolute atomic E-state index is 0.195. The van der Waals surface area contributed by atoms with Crippen LogP contribution in [0.1, 0.15) is 194 Å². The quantitative estimate of drug-likeness (QED) is 0.0319. The van der Waals surface area contributed by atoms with Gasteiger partial charge in [-0.3, -0.25) is 18.6 Å². The molecule has 0 fully saturated rings. The second-order valence-corrected chi connectivity index (χ2v) is 15.1. The Balaban J connectivity index is 3.84. The SMILES string of the molecule is CCCCCCCCCCCCCCCCCCCCCC(=O)OC(CO)COP(=O)(O)OCC(CO)OC(=O)CCCCCCCCC. The summed E-state index contributed by atoms with van der Waals surface area (Å²) in [5, 5.41) is 19.0. The molecule has 0 aliphatic rings. The van der Waals surface area contributed by atoms with Crippen LogP contribution in [0.2, 0.25) is 0 Å². The predicted octanol–water partition coefficient (Wildman–Crippen LogP) is 9.89. The zero-order valence-corrected chi connectivity index (χ0v) is 32.3. The van der Waals surface area contributed by atoms with E-state index in [2.05, 4.69) is 13.8 Å². The fraction of sp³-hybridized carbons (Fsp3) is 0.947. The molecule has 0 aliphatic carbocycles. The van der Waals surface area contributed by atoms with Gasteiger partial charge in [-0.15, -0.1) is 0 Å². The Morgan fingerprint density at radius 3 is 0.959 bits per heavy atom. The summed E-state index contributed by atoms with van der Waals surface area (Å²) >= 11 is 0. The normalized spacial score (nSPS) is 14.0. The molecule has 0 bridgehead atoms. The van der Waals surface area contributed by atoms with Gasteiger partial charge in [0, 0.05) is 12.8 Å². The lowest BCUT2D eigenvalue weighted by Crippen LogP contribution is -2.28. The maximum absolute atomic E-state index is 12.3. The zero-order chi connectivity index (χ0) is 36.3. The Morgan fingerprint density at radius 1 is 0.469 bits per heavy atom. The highest BCUT2D eigenvalue weighted by molar-refractivity contribution is 7.47. The highest BCUT2D eigenvalue weighted by atomic mass is 31.2. The summed E-state index contributed by atoms with van der Waals surface area (Å²) in [5.74, 6) is -1.02. The van der Waals surface area contributed by atoms with Gasteiger partial charge >= 0.3 is 19.8 Å². The molecule has 0 rings (SSSR count). The molecular weight excluding hydrogens is 647 g/mol. The third-order valence-electron chi connectivity index (χ3n) is 8.82. The summed E-state index contributed by atoms with van der Waals surface area (Å²) in [6, 6.07) is 0. The third kappa shape index (κ3) is 33.9. The van der Waals surface area contributed by atoms with Crippen LogP contribution in [0.4, 0.5) is 0 Å². The largest absolute Gasteiger partial charge is 0.472 e. The van der Waals surface area contributed by atoms with Crippen molar-refractivity contribution in [1.29, 1.82) is 0 Å². The number of esters is 2. The fourth-order valence-corrected chi connectivity index (χ4v) is 6.49. The molecule has 0 aliphatic heterocycles. The Hall–Kier alpha value is -1.03. The predicted molar refractivity (Wildman–Crippen MR) is 196 cm³/mol. The molecule has 11 heteroatoms. The number of carbonyl (C=O) groups excluding carboxylic acids is 2. The van der Waals surface area contributed by atoms with E-state index in [0.29, 0.717) is 12.8 Å². The van der Waals surface area contributed by atoms with Crippen molar-refractivity contribution in [3.8, 4) is 0 Å². The molecule has 0 spiro atoms. The average molecular weight is 723 g/mol. The number of aliphatic hydroxyl groups is 2. The van der Waals surface area contributed by atoms with Gasteiger partial charge in [0.05, 0.1) is 26.4 Å². The van der Waals surface area contributed by atoms with Crippen molar-refractivity contribution in [2.24, 2.45) is 0 Å². The third-order valence-corrected chi connectivity index (χ3v) is 9.77. The van der Waals surface area contributed by atoms with Crippen LogP contribution in [-0.4, -0.2) is 65.7 Å². The van der Waals surface area contributed by atoms with Crippen LogP contribution < -0.4 is 0 Å². The Bertz CT molecular complexity index is 796. The molecule has 0 amide bonds. The van der Waals surface area contributed by atoms with E-state index in [9.17, 15) is 29.3 Å². The number of phosphoric ester groups is 1. The molecule has 0 aromatic rings. The van der Waals surface area contributed by atoms with Gasteiger partial charge in [0.25, 0.3) is 0 Å². The van der Waals surface area contributed by atoms with Crippen molar-refractivity contribution in [1.82, 2.24) is 0 Å². The smallest absolute Gasteiger partial charge is 0.457 e. The molecule has 49 heavy (non-hydrogen) atoms. The lowest BCUT2D eigenvalue weighted by atomic mass is 10.0. The molecule has 0 aromatic heterocycles. The Kier molecular flexibility index (Phi) is 34.6. The number of rotatable bonds is 38. The first-order valence-corrected chi connectivity index (χ1v) is 21.5. The van der Waals surface area contributed by atoms with Crippen LogP contribution in [-0.2, 0) is 32.7 Å². The number of ether oxygens (including phenoxy) is 2. The van der Waals surface area contributed by atoms with Crippen molar-refractivity contribution in [3.05, 3.63) is 0 Å². The van der Waals surface area contributed by atoms with Crippen LogP contribution in [0.3, 0.4) is 0 Å². The maximum Gasteiger partial charge on any atom is 0.472 e. The van der Waals surface area contributed by atoms with Gasteiger partial charge in [0.1, 0.15) is 12.2 Å². The van der Waals surface area contributed by atoms with Gasteiger partial charge in [0.15, 0.2) is 0 Å². The minimum atomic E-state index is -4.62. The summed E-state index contributed by atoms with van der Waals surface area (Å²) < 4.78 is 32.4. The molecule has 292 valence electrons. The van der Waals surface area contributed by atoms with E-state index in [4.69, 9.17) is 18.5 Å². The second kappa shape index (κ2) is 35.4. The van der Waals surface area contributed by atoms with Gasteiger partial charge < -0.3 is 24.6 Å². The zero-order valence-electron chi connectivity index (χ0n) is 31.4. The summed E-state index contributed by atoms with van der Waals surface area (Å²) in [6.45, 7) is 2.17. The van der Waals surface area contributed by atoms with Gasteiger partial charge in [-0.1, -0.05) is 168 Å². The summed E-state index contributed by atoms with van der Waals surface area (Å²) in [7, 11) is -4.62. The highest BCUT2D eigenvalue weighted by Gasteiger charge is 2.27. The maximum atomic E-state index is 12.3. The van der Waals surface area contributed by atoms with Gasteiger partial charge in [-0.2, -0.15) is 0 Å². The van der Waals surface area contributed by atoms with E-state index < -0.39 is 58.4 Å². The number of hydrogen-bond donors (Lipinski definition) is 3. The molecule has 3 N–H and O–H groups in total. The summed E-state index contributed by atoms with van der Waals surface area (Å²) in [4.78, 5) is 34.2. The molecule has 0 saturated heterocycles. The number of aliphatic hydroxyl groups excluding tert-OH is 2. The van der Waals surface area contributed by atoms with Crippen molar-refractivity contribution in [3.63, 3.8) is 0 Å². The Morgan fingerprint density at radius 2 is 0.714 bits per heavy atom. The lowest BCUT2D eigenvalue weighted by molar-refractivity contribution is -0.153. The first kappa shape index (κ1) is 48.0. The first-order chi connectivity index (χ1) is 23.8.